The van der Waals surface area contributed by atoms with Crippen LogP contribution in [-0.2, 0) is 0 Å². The van der Waals surface area contributed by atoms with Gasteiger partial charge in [0.05, 0.1) is 32.0 Å². The van der Waals surface area contributed by atoms with Gasteiger partial charge in [0.2, 0.25) is 17.3 Å². The van der Waals surface area contributed by atoms with E-state index in [4.69, 9.17) is 0 Å². The Balaban J connectivity index is 2.52. The molecule has 0 radical (unpaired) electrons. The number of hydrogen-bond acceptors (Lipinski definition) is 10. The molecule has 2 N–H and O–H groups in total. The van der Waals surface area contributed by atoms with Gasteiger partial charge in [0.1, 0.15) is 16.9 Å². The van der Waals surface area contributed by atoms with Crippen LogP contribution in [0.15, 0.2) is 18.2 Å². The van der Waals surface area contributed by atoms with Gasteiger partial charge < -0.3 is 10.2 Å². The summed E-state index contributed by atoms with van der Waals surface area (Å²) < 4.78 is 0. The van der Waals surface area contributed by atoms with E-state index in [9.17, 15) is 50.1 Å². The predicted octanol–water partition coefficient (Wildman–Crippen LogP) is 1.60. The van der Waals surface area contributed by atoms with Crippen molar-refractivity contribution in [3.8, 4) is 11.5 Å². The third-order valence-electron chi connectivity index (χ3n) is 3.92. The molecule has 0 aromatic heterocycles. The van der Waals surface area contributed by atoms with Crippen molar-refractivity contribution in [2.24, 2.45) is 0 Å². The van der Waals surface area contributed by atoms with Gasteiger partial charge in [0.25, 0.3) is 11.4 Å². The molecule has 136 valence electrons. The highest BCUT2D eigenvalue weighted by Crippen LogP contribution is 2.46. The first-order valence-electron chi connectivity index (χ1n) is 6.86. The SMILES string of the molecule is O=C1c2c([N+](=O)[O-])ccc(O)c2C(=O)c2c(O)c([N+](=O)[O-])cc([N+](=O)[O-])c21. The molecule has 0 unspecified atom stereocenters. The maximum absolute atomic E-state index is 12.7. The van der Waals surface area contributed by atoms with E-state index in [0.717, 1.165) is 12.1 Å². The number of nitro benzene ring substituents is 3. The number of phenols is 2. The summed E-state index contributed by atoms with van der Waals surface area (Å²) in [5, 5.41) is 53.4. The third-order valence-corrected chi connectivity index (χ3v) is 3.92. The monoisotopic (exact) mass is 375 g/mol. The number of carbonyl (C=O) groups is 2. The molecule has 0 heterocycles. The summed E-state index contributed by atoms with van der Waals surface area (Å²) in [5.41, 5.74) is -7.20. The standard InChI is InChI=1S/C14H5N3O10/c18-7-2-1-4(15(22)23)8-10(7)14(21)11-9(13(8)20)5(16(24)25)3-6(12(11)19)17(26)27/h1-3,18-19H. The summed E-state index contributed by atoms with van der Waals surface area (Å²) in [6, 6.07) is 1.75. The van der Waals surface area contributed by atoms with Crippen LogP contribution in [0.3, 0.4) is 0 Å². The van der Waals surface area contributed by atoms with Gasteiger partial charge in [-0.05, 0) is 6.07 Å². The summed E-state index contributed by atoms with van der Waals surface area (Å²) in [5.74, 6) is -4.99. The Hall–Kier alpha value is -4.42. The van der Waals surface area contributed by atoms with E-state index >= 15 is 0 Å². The van der Waals surface area contributed by atoms with Crippen molar-refractivity contribution >= 4 is 28.6 Å². The first-order valence-corrected chi connectivity index (χ1v) is 6.86. The van der Waals surface area contributed by atoms with Crippen LogP contribution in [0.2, 0.25) is 0 Å². The molecule has 0 amide bonds. The molecule has 0 saturated carbocycles. The predicted molar refractivity (Wildman–Crippen MR) is 83.0 cm³/mol. The average molecular weight is 375 g/mol. The first kappa shape index (κ1) is 17.4. The molecule has 0 atom stereocenters. The largest absolute Gasteiger partial charge is 0.507 e. The van der Waals surface area contributed by atoms with Crippen molar-refractivity contribution in [3.05, 3.63) is 70.8 Å². The fourth-order valence-corrected chi connectivity index (χ4v) is 2.82. The molecule has 3 rings (SSSR count). The van der Waals surface area contributed by atoms with Crippen LogP contribution >= 0.6 is 0 Å². The minimum atomic E-state index is -1.40. The van der Waals surface area contributed by atoms with Gasteiger partial charge in [-0.25, -0.2) is 0 Å². The number of fused-ring (bicyclic) bond motifs is 2. The highest BCUT2D eigenvalue weighted by atomic mass is 16.6. The van der Waals surface area contributed by atoms with Crippen LogP contribution in [0, 0.1) is 30.3 Å². The Morgan fingerprint density at radius 2 is 1.15 bits per heavy atom. The lowest BCUT2D eigenvalue weighted by molar-refractivity contribution is -0.394. The third kappa shape index (κ3) is 2.25. The Kier molecular flexibility index (Phi) is 3.58. The van der Waals surface area contributed by atoms with Crippen molar-refractivity contribution in [3.63, 3.8) is 0 Å². The molecule has 2 aromatic rings. The number of nitrogens with zero attached hydrogens (tertiary/aromatic N) is 3. The molecule has 0 bridgehead atoms. The fourth-order valence-electron chi connectivity index (χ4n) is 2.82. The Labute approximate surface area is 146 Å². The highest BCUT2D eigenvalue weighted by Gasteiger charge is 2.45. The van der Waals surface area contributed by atoms with Gasteiger partial charge >= 0.3 is 5.69 Å². The van der Waals surface area contributed by atoms with Crippen LogP contribution in [0.5, 0.6) is 11.5 Å². The summed E-state index contributed by atoms with van der Waals surface area (Å²) >= 11 is 0. The Morgan fingerprint density at radius 3 is 1.67 bits per heavy atom. The number of rotatable bonds is 3. The molecule has 13 heteroatoms. The van der Waals surface area contributed by atoms with Crippen LogP contribution in [0.4, 0.5) is 17.1 Å². The van der Waals surface area contributed by atoms with Crippen molar-refractivity contribution < 1.29 is 34.6 Å². The van der Waals surface area contributed by atoms with E-state index in [1.165, 1.54) is 0 Å². The van der Waals surface area contributed by atoms with Crippen molar-refractivity contribution in [2.75, 3.05) is 0 Å². The second kappa shape index (κ2) is 5.55. The van der Waals surface area contributed by atoms with E-state index in [1.54, 1.807) is 0 Å². The second-order valence-electron chi connectivity index (χ2n) is 5.30. The smallest absolute Gasteiger partial charge is 0.318 e. The number of nitro groups is 3. The second-order valence-corrected chi connectivity index (χ2v) is 5.30. The van der Waals surface area contributed by atoms with Crippen LogP contribution < -0.4 is 0 Å². The van der Waals surface area contributed by atoms with Crippen molar-refractivity contribution in [2.45, 2.75) is 0 Å². The van der Waals surface area contributed by atoms with E-state index in [1.807, 2.05) is 0 Å². The van der Waals surface area contributed by atoms with Gasteiger partial charge in [-0.3, -0.25) is 39.9 Å². The number of aromatic hydroxyl groups is 2. The molecule has 0 spiro atoms. The molecule has 1 aliphatic rings. The zero-order valence-electron chi connectivity index (χ0n) is 12.7. The molecular weight excluding hydrogens is 370 g/mol. The van der Waals surface area contributed by atoms with E-state index in [-0.39, 0.29) is 6.07 Å². The topological polar surface area (TPSA) is 204 Å². The van der Waals surface area contributed by atoms with Crippen LogP contribution in [0.1, 0.15) is 31.8 Å². The van der Waals surface area contributed by atoms with Gasteiger partial charge in [0.15, 0.2) is 0 Å². The van der Waals surface area contributed by atoms with Crippen molar-refractivity contribution in [1.82, 2.24) is 0 Å². The maximum atomic E-state index is 12.7. The van der Waals surface area contributed by atoms with E-state index < -0.39 is 77.2 Å². The average Bonchev–Trinajstić information content (AvgIpc) is 2.58. The minimum absolute atomic E-state index is 0.277. The van der Waals surface area contributed by atoms with Gasteiger partial charge in [-0.15, -0.1) is 0 Å². The fraction of sp³-hybridized carbons (Fsp3) is 0. The van der Waals surface area contributed by atoms with E-state index in [0.29, 0.717) is 0 Å². The summed E-state index contributed by atoms with van der Waals surface area (Å²) in [6.45, 7) is 0. The zero-order chi connectivity index (χ0) is 20.2. The Bertz CT molecular complexity index is 1120. The summed E-state index contributed by atoms with van der Waals surface area (Å²) in [4.78, 5) is 55.4. The lowest BCUT2D eigenvalue weighted by Gasteiger charge is -2.18. The quantitative estimate of drug-likeness (QED) is 0.499. The van der Waals surface area contributed by atoms with Gasteiger partial charge in [-0.1, -0.05) is 0 Å². The number of hydrogen-bond donors (Lipinski definition) is 2. The Morgan fingerprint density at radius 1 is 0.667 bits per heavy atom. The molecule has 2 aromatic carbocycles. The highest BCUT2D eigenvalue weighted by molar-refractivity contribution is 6.33. The number of carbonyl (C=O) groups excluding carboxylic acids is 2. The van der Waals surface area contributed by atoms with Crippen molar-refractivity contribution in [1.29, 1.82) is 0 Å². The molecule has 27 heavy (non-hydrogen) atoms. The molecule has 0 aliphatic heterocycles. The zero-order valence-corrected chi connectivity index (χ0v) is 12.7. The minimum Gasteiger partial charge on any atom is -0.507 e. The van der Waals surface area contributed by atoms with Crippen LogP contribution in [-0.4, -0.2) is 36.5 Å². The lowest BCUT2D eigenvalue weighted by Crippen LogP contribution is -2.24. The maximum Gasteiger partial charge on any atom is 0.318 e. The lowest BCUT2D eigenvalue weighted by atomic mass is 9.81. The summed E-state index contributed by atoms with van der Waals surface area (Å²) in [6.07, 6.45) is 0. The van der Waals surface area contributed by atoms with Gasteiger partial charge in [-0.2, -0.15) is 0 Å². The summed E-state index contributed by atoms with van der Waals surface area (Å²) in [7, 11) is 0. The van der Waals surface area contributed by atoms with Crippen LogP contribution in [0.25, 0.3) is 0 Å². The number of ketones is 2. The molecule has 13 nitrogen and oxygen atoms in total. The molecule has 1 aliphatic carbocycles. The number of phenolic OH excluding ortho intramolecular Hbond substituents is 2. The molecule has 0 fully saturated rings. The molecular formula is C14H5N3O10. The molecule has 0 saturated heterocycles. The number of benzene rings is 2. The first-order chi connectivity index (χ1) is 12.6. The van der Waals surface area contributed by atoms with Gasteiger partial charge in [0, 0.05) is 6.07 Å². The van der Waals surface area contributed by atoms with E-state index in [2.05, 4.69) is 0 Å². The normalized spacial score (nSPS) is 12.3.